The van der Waals surface area contributed by atoms with E-state index in [0.717, 1.165) is 13.1 Å². The third kappa shape index (κ3) is 0.966. The molecule has 2 nitrogen and oxygen atoms in total. The van der Waals surface area contributed by atoms with Crippen molar-refractivity contribution in [3.63, 3.8) is 0 Å². The number of rotatable bonds is 0. The molecule has 1 N–H and O–H groups in total. The molecule has 1 saturated carbocycles. The lowest BCUT2D eigenvalue weighted by Gasteiger charge is -2.28. The topological polar surface area (TPSA) is 24.4 Å². The summed E-state index contributed by atoms with van der Waals surface area (Å²) in [7, 11) is 0. The van der Waals surface area contributed by atoms with Crippen LogP contribution in [0.1, 0.15) is 25.7 Å². The van der Waals surface area contributed by atoms with Gasteiger partial charge in [0.2, 0.25) is 0 Å². The quantitative estimate of drug-likeness (QED) is 0.530. The zero-order chi connectivity index (χ0) is 6.86. The first-order chi connectivity index (χ1) is 4.91. The average Bonchev–Trinajstić information content (AvgIpc) is 2.39. The van der Waals surface area contributed by atoms with Crippen LogP contribution in [0.2, 0.25) is 0 Å². The van der Waals surface area contributed by atoms with Crippen molar-refractivity contribution in [2.75, 3.05) is 13.1 Å². The van der Waals surface area contributed by atoms with Gasteiger partial charge in [-0.3, -0.25) is 4.99 Å². The molecule has 2 heteroatoms. The maximum absolute atomic E-state index is 4.32. The van der Waals surface area contributed by atoms with Crippen LogP contribution >= 0.6 is 0 Å². The van der Waals surface area contributed by atoms with Crippen molar-refractivity contribution in [2.24, 2.45) is 4.99 Å². The highest BCUT2D eigenvalue weighted by Crippen LogP contribution is 2.28. The van der Waals surface area contributed by atoms with E-state index in [1.54, 1.807) is 0 Å². The fraction of sp³-hybridized carbons (Fsp3) is 0.875. The minimum absolute atomic E-state index is 0.332. The SMILES string of the molecule is C1=NCCNC12CCCC2. The Labute approximate surface area is 61.7 Å². The molecule has 2 rings (SSSR count). The predicted octanol–water partition coefficient (Wildman–Crippen LogP) is 0.973. The van der Waals surface area contributed by atoms with Gasteiger partial charge in [-0.05, 0) is 12.8 Å². The molecule has 1 fully saturated rings. The summed E-state index contributed by atoms with van der Waals surface area (Å²) in [6.45, 7) is 2.05. The Balaban J connectivity index is 2.11. The van der Waals surface area contributed by atoms with Crippen LogP contribution in [0.15, 0.2) is 4.99 Å². The van der Waals surface area contributed by atoms with Crippen LogP contribution in [-0.2, 0) is 0 Å². The molecule has 0 amide bonds. The van der Waals surface area contributed by atoms with Crippen LogP contribution in [0.5, 0.6) is 0 Å². The third-order valence-corrected chi connectivity index (χ3v) is 2.55. The summed E-state index contributed by atoms with van der Waals surface area (Å²) in [5.41, 5.74) is 0.332. The maximum Gasteiger partial charge on any atom is 0.0534 e. The number of nitrogens with one attached hydrogen (secondary N) is 1. The lowest BCUT2D eigenvalue weighted by molar-refractivity contribution is 0.440. The first kappa shape index (κ1) is 6.35. The largest absolute Gasteiger partial charge is 0.305 e. The molecule has 1 spiro atoms. The standard InChI is InChI=1S/C8H14N2/c1-2-4-8(3-1)7-9-5-6-10-8/h7,10H,1-6H2. The van der Waals surface area contributed by atoms with Crippen LogP contribution in [0.4, 0.5) is 0 Å². The average molecular weight is 138 g/mol. The summed E-state index contributed by atoms with van der Waals surface area (Å²) in [6, 6.07) is 0. The van der Waals surface area contributed by atoms with Crippen molar-refractivity contribution >= 4 is 6.21 Å². The molecule has 56 valence electrons. The maximum atomic E-state index is 4.32. The Kier molecular flexibility index (Phi) is 1.49. The minimum Gasteiger partial charge on any atom is -0.305 e. The number of aliphatic imine (C=N–C) groups is 1. The Morgan fingerprint density at radius 2 is 2.10 bits per heavy atom. The molecule has 10 heavy (non-hydrogen) atoms. The highest BCUT2D eigenvalue weighted by molar-refractivity contribution is 5.71. The minimum atomic E-state index is 0.332. The molecule has 0 unspecified atom stereocenters. The van der Waals surface area contributed by atoms with Crippen LogP contribution < -0.4 is 5.32 Å². The molecular formula is C8H14N2. The molecule has 0 aromatic carbocycles. The van der Waals surface area contributed by atoms with Crippen molar-refractivity contribution in [1.82, 2.24) is 5.32 Å². The summed E-state index contributed by atoms with van der Waals surface area (Å²) < 4.78 is 0. The van der Waals surface area contributed by atoms with Gasteiger partial charge in [0, 0.05) is 12.8 Å². The Bertz CT molecular complexity index is 145. The van der Waals surface area contributed by atoms with E-state index < -0.39 is 0 Å². The monoisotopic (exact) mass is 138 g/mol. The molecule has 1 aliphatic heterocycles. The van der Waals surface area contributed by atoms with E-state index in [1.165, 1.54) is 25.7 Å². The Morgan fingerprint density at radius 1 is 1.30 bits per heavy atom. The van der Waals surface area contributed by atoms with Gasteiger partial charge in [0.15, 0.2) is 0 Å². The van der Waals surface area contributed by atoms with E-state index >= 15 is 0 Å². The van der Waals surface area contributed by atoms with E-state index in [2.05, 4.69) is 16.5 Å². The fourth-order valence-electron chi connectivity index (χ4n) is 1.97. The first-order valence-electron chi connectivity index (χ1n) is 4.17. The molecular weight excluding hydrogens is 124 g/mol. The van der Waals surface area contributed by atoms with Crippen molar-refractivity contribution in [1.29, 1.82) is 0 Å². The molecule has 1 aliphatic carbocycles. The Hall–Kier alpha value is -0.370. The molecule has 0 bridgehead atoms. The summed E-state index contributed by atoms with van der Waals surface area (Å²) in [4.78, 5) is 4.32. The third-order valence-electron chi connectivity index (χ3n) is 2.55. The fourth-order valence-corrected chi connectivity index (χ4v) is 1.97. The summed E-state index contributed by atoms with van der Waals surface area (Å²) in [5.74, 6) is 0. The second-order valence-electron chi connectivity index (χ2n) is 3.33. The van der Waals surface area contributed by atoms with Crippen LogP contribution in [0, 0.1) is 0 Å². The van der Waals surface area contributed by atoms with Crippen molar-refractivity contribution in [3.8, 4) is 0 Å². The summed E-state index contributed by atoms with van der Waals surface area (Å²) in [5, 5.41) is 3.55. The van der Waals surface area contributed by atoms with E-state index in [9.17, 15) is 0 Å². The van der Waals surface area contributed by atoms with Gasteiger partial charge in [0.05, 0.1) is 12.1 Å². The van der Waals surface area contributed by atoms with Crippen LogP contribution in [0.25, 0.3) is 0 Å². The highest BCUT2D eigenvalue weighted by Gasteiger charge is 2.32. The lowest BCUT2D eigenvalue weighted by atomic mass is 9.98. The zero-order valence-electron chi connectivity index (χ0n) is 6.27. The second kappa shape index (κ2) is 2.35. The van der Waals surface area contributed by atoms with Gasteiger partial charge in [-0.25, -0.2) is 0 Å². The Morgan fingerprint density at radius 3 is 2.70 bits per heavy atom. The molecule has 2 aliphatic rings. The van der Waals surface area contributed by atoms with E-state index in [1.807, 2.05) is 0 Å². The van der Waals surface area contributed by atoms with Gasteiger partial charge in [0.1, 0.15) is 0 Å². The van der Waals surface area contributed by atoms with E-state index in [4.69, 9.17) is 0 Å². The molecule has 0 atom stereocenters. The molecule has 0 saturated heterocycles. The van der Waals surface area contributed by atoms with Gasteiger partial charge < -0.3 is 5.32 Å². The smallest absolute Gasteiger partial charge is 0.0534 e. The van der Waals surface area contributed by atoms with Gasteiger partial charge >= 0.3 is 0 Å². The molecule has 0 radical (unpaired) electrons. The van der Waals surface area contributed by atoms with Crippen molar-refractivity contribution < 1.29 is 0 Å². The van der Waals surface area contributed by atoms with Gasteiger partial charge in [-0.1, -0.05) is 12.8 Å². The van der Waals surface area contributed by atoms with Crippen molar-refractivity contribution in [2.45, 2.75) is 31.2 Å². The van der Waals surface area contributed by atoms with Crippen LogP contribution in [-0.4, -0.2) is 24.8 Å². The van der Waals surface area contributed by atoms with E-state index in [0.29, 0.717) is 5.54 Å². The predicted molar refractivity (Wildman–Crippen MR) is 42.6 cm³/mol. The van der Waals surface area contributed by atoms with Gasteiger partial charge in [0.25, 0.3) is 0 Å². The van der Waals surface area contributed by atoms with Gasteiger partial charge in [-0.15, -0.1) is 0 Å². The number of hydrogen-bond acceptors (Lipinski definition) is 2. The normalized spacial score (nSPS) is 29.6. The summed E-state index contributed by atoms with van der Waals surface area (Å²) in [6.07, 6.45) is 7.49. The second-order valence-corrected chi connectivity index (χ2v) is 3.33. The van der Waals surface area contributed by atoms with Crippen LogP contribution in [0.3, 0.4) is 0 Å². The van der Waals surface area contributed by atoms with Crippen molar-refractivity contribution in [3.05, 3.63) is 0 Å². The zero-order valence-corrected chi connectivity index (χ0v) is 6.27. The molecule has 0 aromatic rings. The van der Waals surface area contributed by atoms with Gasteiger partial charge in [-0.2, -0.15) is 0 Å². The molecule has 1 heterocycles. The number of nitrogens with zero attached hydrogens (tertiary/aromatic N) is 1. The summed E-state index contributed by atoms with van der Waals surface area (Å²) >= 11 is 0. The number of hydrogen-bond donors (Lipinski definition) is 1. The first-order valence-corrected chi connectivity index (χ1v) is 4.17. The highest BCUT2D eigenvalue weighted by atomic mass is 15.0. The lowest BCUT2D eigenvalue weighted by Crippen LogP contribution is -2.48. The molecule has 0 aromatic heterocycles. The van der Waals surface area contributed by atoms with E-state index in [-0.39, 0.29) is 0 Å².